The third-order valence-corrected chi connectivity index (χ3v) is 4.12. The van der Waals surface area contributed by atoms with Gasteiger partial charge in [-0.05, 0) is 42.5 Å². The molecular weight excluding hydrogens is 384 g/mol. The zero-order valence-electron chi connectivity index (χ0n) is 14.6. The number of alkyl halides is 3. The van der Waals surface area contributed by atoms with Crippen molar-refractivity contribution >= 4 is 24.3 Å². The van der Waals surface area contributed by atoms with Gasteiger partial charge in [0.25, 0.3) is 5.56 Å². The van der Waals surface area contributed by atoms with Crippen molar-refractivity contribution in [3.63, 3.8) is 0 Å². The minimum atomic E-state index is -4.63. The highest BCUT2D eigenvalue weighted by molar-refractivity contribution is 6.33. The van der Waals surface area contributed by atoms with E-state index < -0.39 is 23.2 Å². The summed E-state index contributed by atoms with van der Waals surface area (Å²) in [6.45, 7) is 0. The fraction of sp³-hybridized carbons (Fsp3) is 0.0526. The standard InChI is InChI=1S/C19H10BF3N4O2/c20-16-15(4-2-7-24-16)27-10-26-17(28)12-9-11(5-6-14(12)27)29-18-13(19(21,22)23)3-1-8-25-18/h1-10H. The Morgan fingerprint density at radius 1 is 1.00 bits per heavy atom. The Kier molecular flexibility index (Phi) is 4.53. The number of fused-ring (bicyclic) bond motifs is 1. The second-order valence-corrected chi connectivity index (χ2v) is 5.96. The molecule has 0 unspecified atom stereocenters. The van der Waals surface area contributed by atoms with Gasteiger partial charge in [0.15, 0.2) is 0 Å². The molecule has 0 spiro atoms. The smallest absolute Gasteiger partial charge is 0.421 e. The van der Waals surface area contributed by atoms with Crippen molar-refractivity contribution in [3.8, 4) is 17.3 Å². The number of halogens is 3. The van der Waals surface area contributed by atoms with E-state index in [0.29, 0.717) is 11.2 Å². The van der Waals surface area contributed by atoms with Gasteiger partial charge >= 0.3 is 6.18 Å². The van der Waals surface area contributed by atoms with Crippen LogP contribution in [-0.2, 0) is 6.18 Å². The minimum absolute atomic E-state index is 0.0116. The number of hydrogen-bond acceptors (Lipinski definition) is 5. The molecule has 3 aromatic heterocycles. The van der Waals surface area contributed by atoms with E-state index in [-0.39, 0.29) is 16.7 Å². The van der Waals surface area contributed by atoms with Crippen LogP contribution in [0.2, 0.25) is 0 Å². The monoisotopic (exact) mass is 394 g/mol. The Bertz CT molecular complexity index is 1270. The first kappa shape index (κ1) is 18.7. The van der Waals surface area contributed by atoms with Crippen LogP contribution in [0, 0.1) is 0 Å². The van der Waals surface area contributed by atoms with Crippen LogP contribution in [0.25, 0.3) is 16.6 Å². The van der Waals surface area contributed by atoms with Gasteiger partial charge in [0, 0.05) is 18.0 Å². The number of benzene rings is 1. The molecule has 1 aromatic carbocycles. The second kappa shape index (κ2) is 7.04. The van der Waals surface area contributed by atoms with Crippen LogP contribution in [0.5, 0.6) is 11.6 Å². The molecule has 0 saturated heterocycles. The Labute approximate surface area is 163 Å². The van der Waals surface area contributed by atoms with Crippen molar-refractivity contribution < 1.29 is 17.9 Å². The van der Waals surface area contributed by atoms with Gasteiger partial charge in [0.2, 0.25) is 5.88 Å². The molecule has 0 atom stereocenters. The zero-order valence-corrected chi connectivity index (χ0v) is 14.6. The molecule has 0 N–H and O–H groups in total. The first-order valence-electron chi connectivity index (χ1n) is 8.27. The van der Waals surface area contributed by atoms with E-state index in [2.05, 4.69) is 15.0 Å². The van der Waals surface area contributed by atoms with E-state index in [4.69, 9.17) is 12.6 Å². The number of nitrogens with zero attached hydrogens (tertiary/aromatic N) is 4. The summed E-state index contributed by atoms with van der Waals surface area (Å²) >= 11 is 0. The summed E-state index contributed by atoms with van der Waals surface area (Å²) in [7, 11) is 5.89. The van der Waals surface area contributed by atoms with Gasteiger partial charge in [-0.1, -0.05) is 0 Å². The summed E-state index contributed by atoms with van der Waals surface area (Å²) < 4.78 is 46.3. The molecule has 0 aliphatic carbocycles. The maximum atomic E-state index is 13.1. The van der Waals surface area contributed by atoms with Crippen molar-refractivity contribution in [2.24, 2.45) is 0 Å². The van der Waals surface area contributed by atoms with Gasteiger partial charge < -0.3 is 4.74 Å². The van der Waals surface area contributed by atoms with Crippen molar-refractivity contribution in [1.29, 1.82) is 0 Å². The molecule has 6 nitrogen and oxygen atoms in total. The molecule has 0 amide bonds. The molecule has 0 aliphatic rings. The topological polar surface area (TPSA) is 69.9 Å². The summed E-state index contributed by atoms with van der Waals surface area (Å²) in [5.41, 5.74) is -0.423. The van der Waals surface area contributed by atoms with Crippen molar-refractivity contribution in [2.75, 3.05) is 0 Å². The summed E-state index contributed by atoms with van der Waals surface area (Å²) in [6.07, 6.45) is -0.620. The number of rotatable bonds is 3. The Morgan fingerprint density at radius 3 is 2.52 bits per heavy atom. The molecule has 10 heteroatoms. The van der Waals surface area contributed by atoms with Gasteiger partial charge in [-0.2, -0.15) is 18.2 Å². The third kappa shape index (κ3) is 3.56. The normalized spacial score (nSPS) is 11.6. The summed E-state index contributed by atoms with van der Waals surface area (Å²) in [6, 6.07) is 9.66. The van der Waals surface area contributed by atoms with Gasteiger partial charge in [0.1, 0.15) is 25.5 Å². The molecule has 2 radical (unpaired) electrons. The lowest BCUT2D eigenvalue weighted by molar-refractivity contribution is -0.138. The first-order chi connectivity index (χ1) is 13.8. The predicted octanol–water partition coefficient (Wildman–Crippen LogP) is 2.78. The van der Waals surface area contributed by atoms with E-state index in [1.54, 1.807) is 16.7 Å². The Morgan fingerprint density at radius 2 is 1.76 bits per heavy atom. The van der Waals surface area contributed by atoms with E-state index in [0.717, 1.165) is 12.1 Å². The molecule has 142 valence electrons. The largest absolute Gasteiger partial charge is 0.438 e. The van der Waals surface area contributed by atoms with Gasteiger partial charge in [0.05, 0.1) is 16.6 Å². The van der Waals surface area contributed by atoms with Gasteiger partial charge in [-0.25, -0.2) is 4.98 Å². The number of hydrogen-bond donors (Lipinski definition) is 0. The predicted molar refractivity (Wildman–Crippen MR) is 99.8 cm³/mol. The molecule has 4 aromatic rings. The van der Waals surface area contributed by atoms with Gasteiger partial charge in [-0.15, -0.1) is 0 Å². The quantitative estimate of drug-likeness (QED) is 0.500. The van der Waals surface area contributed by atoms with Crippen molar-refractivity contribution in [1.82, 2.24) is 19.5 Å². The Balaban J connectivity index is 1.82. The molecule has 0 bridgehead atoms. The third-order valence-electron chi connectivity index (χ3n) is 4.12. The lowest BCUT2D eigenvalue weighted by atomic mass is 10.0. The average molecular weight is 394 g/mol. The SMILES string of the molecule is [B]c1ncccc1-n1cnc(=O)c2cc(Oc3ncccc3C(F)(F)F)ccc21. The molecule has 3 heterocycles. The maximum Gasteiger partial charge on any atom is 0.421 e. The number of pyridine rings is 2. The maximum absolute atomic E-state index is 13.1. The Hall–Kier alpha value is -3.69. The van der Waals surface area contributed by atoms with Gasteiger partial charge in [-0.3, -0.25) is 14.3 Å². The lowest BCUT2D eigenvalue weighted by Gasteiger charge is -2.14. The molecule has 29 heavy (non-hydrogen) atoms. The van der Waals surface area contributed by atoms with Crippen LogP contribution in [-0.4, -0.2) is 27.4 Å². The van der Waals surface area contributed by atoms with Crippen LogP contribution < -0.4 is 15.9 Å². The summed E-state index contributed by atoms with van der Waals surface area (Å²) in [5.74, 6) is -0.599. The fourth-order valence-electron chi connectivity index (χ4n) is 2.81. The van der Waals surface area contributed by atoms with E-state index in [9.17, 15) is 18.0 Å². The summed E-state index contributed by atoms with van der Waals surface area (Å²) in [4.78, 5) is 23.7. The lowest BCUT2D eigenvalue weighted by Crippen LogP contribution is -2.19. The minimum Gasteiger partial charge on any atom is -0.438 e. The van der Waals surface area contributed by atoms with Crippen LogP contribution in [0.4, 0.5) is 13.2 Å². The molecule has 4 rings (SSSR count). The highest BCUT2D eigenvalue weighted by Gasteiger charge is 2.35. The van der Waals surface area contributed by atoms with Crippen LogP contribution in [0.3, 0.4) is 0 Å². The van der Waals surface area contributed by atoms with E-state index in [1.807, 2.05) is 0 Å². The first-order valence-corrected chi connectivity index (χ1v) is 8.27. The van der Waals surface area contributed by atoms with E-state index >= 15 is 0 Å². The second-order valence-electron chi connectivity index (χ2n) is 5.96. The highest BCUT2D eigenvalue weighted by atomic mass is 19.4. The van der Waals surface area contributed by atoms with Crippen LogP contribution in [0.1, 0.15) is 5.56 Å². The number of ether oxygens (including phenoxy) is 1. The van der Waals surface area contributed by atoms with Crippen molar-refractivity contribution in [2.45, 2.75) is 6.18 Å². The average Bonchev–Trinajstić information content (AvgIpc) is 2.69. The van der Waals surface area contributed by atoms with Crippen molar-refractivity contribution in [3.05, 3.63) is 77.1 Å². The molecule has 0 aliphatic heterocycles. The van der Waals surface area contributed by atoms with Crippen LogP contribution in [0.15, 0.2) is 66.0 Å². The summed E-state index contributed by atoms with van der Waals surface area (Å²) in [5, 5.41) is 0.137. The number of aromatic nitrogens is 4. The highest BCUT2D eigenvalue weighted by Crippen LogP contribution is 2.36. The molecule has 0 saturated carbocycles. The zero-order chi connectivity index (χ0) is 20.6. The molecule has 0 fully saturated rings. The fourth-order valence-corrected chi connectivity index (χ4v) is 2.81. The van der Waals surface area contributed by atoms with E-state index in [1.165, 1.54) is 36.9 Å². The van der Waals surface area contributed by atoms with Crippen LogP contribution >= 0.6 is 0 Å². The molecular formula is C19H10BF3N4O2.